The molecule has 1 aromatic carbocycles. The molecule has 0 radical (unpaired) electrons. The number of likely N-dealkylation sites (tertiary alicyclic amines) is 1. The van der Waals surface area contributed by atoms with Gasteiger partial charge >= 0.3 is 0 Å². The molecule has 2 atom stereocenters. The lowest BCUT2D eigenvalue weighted by Gasteiger charge is -2.31. The van der Waals surface area contributed by atoms with Gasteiger partial charge in [-0.15, -0.1) is 0 Å². The van der Waals surface area contributed by atoms with Crippen molar-refractivity contribution < 1.29 is 0 Å². The van der Waals surface area contributed by atoms with E-state index in [2.05, 4.69) is 43.9 Å². The van der Waals surface area contributed by atoms with Crippen LogP contribution >= 0.6 is 0 Å². The second-order valence-electron chi connectivity index (χ2n) is 5.40. The molecular weight excluding hydrogens is 208 g/mol. The summed E-state index contributed by atoms with van der Waals surface area (Å²) in [6, 6.07) is 7.87. The molecule has 0 amide bonds. The van der Waals surface area contributed by atoms with Gasteiger partial charge in [0.25, 0.3) is 0 Å². The number of nitrogens with two attached hydrogens (primary N) is 1. The van der Waals surface area contributed by atoms with Crippen molar-refractivity contribution in [3.63, 3.8) is 0 Å². The molecule has 0 aliphatic carbocycles. The van der Waals surface area contributed by atoms with E-state index in [9.17, 15) is 0 Å². The number of hydrogen-bond donors (Lipinski definition) is 1. The van der Waals surface area contributed by atoms with E-state index in [0.717, 1.165) is 0 Å². The topological polar surface area (TPSA) is 29.3 Å². The average molecular weight is 232 g/mol. The third-order valence-electron chi connectivity index (χ3n) is 3.86. The summed E-state index contributed by atoms with van der Waals surface area (Å²) in [6.45, 7) is 8.55. The summed E-state index contributed by atoms with van der Waals surface area (Å²) < 4.78 is 0. The van der Waals surface area contributed by atoms with E-state index >= 15 is 0 Å². The normalized spacial score (nSPS) is 22.9. The summed E-state index contributed by atoms with van der Waals surface area (Å²) in [7, 11) is 0. The van der Waals surface area contributed by atoms with Crippen LogP contribution in [0.25, 0.3) is 0 Å². The zero-order valence-electron chi connectivity index (χ0n) is 11.2. The van der Waals surface area contributed by atoms with Gasteiger partial charge in [-0.25, -0.2) is 0 Å². The highest BCUT2D eigenvalue weighted by atomic mass is 15.2. The first-order valence-corrected chi connectivity index (χ1v) is 6.66. The van der Waals surface area contributed by atoms with Gasteiger partial charge in [0.2, 0.25) is 0 Å². The molecular formula is C15H24N2. The van der Waals surface area contributed by atoms with Gasteiger partial charge in [-0.1, -0.05) is 29.3 Å². The fourth-order valence-electron chi connectivity index (χ4n) is 3.08. The van der Waals surface area contributed by atoms with Crippen molar-refractivity contribution in [2.75, 3.05) is 13.1 Å². The SMILES string of the molecule is Cc1cc(C)cc(C(CN)N2CCCC2C)c1. The Kier molecular flexibility index (Phi) is 3.85. The molecule has 0 bridgehead atoms. The molecule has 0 aromatic heterocycles. The fourth-order valence-corrected chi connectivity index (χ4v) is 3.08. The molecule has 2 nitrogen and oxygen atoms in total. The van der Waals surface area contributed by atoms with Gasteiger partial charge in [0, 0.05) is 18.6 Å². The second-order valence-corrected chi connectivity index (χ2v) is 5.40. The standard InChI is InChI=1S/C15H24N2/c1-11-7-12(2)9-14(8-11)15(10-16)17-6-4-5-13(17)3/h7-9,13,15H,4-6,10,16H2,1-3H3. The minimum Gasteiger partial charge on any atom is -0.329 e. The Hall–Kier alpha value is -0.860. The minimum absolute atomic E-state index is 0.395. The quantitative estimate of drug-likeness (QED) is 0.868. The zero-order chi connectivity index (χ0) is 12.4. The highest BCUT2D eigenvalue weighted by Crippen LogP contribution is 2.29. The molecule has 1 aliphatic rings. The number of rotatable bonds is 3. The summed E-state index contributed by atoms with van der Waals surface area (Å²) in [5.74, 6) is 0. The van der Waals surface area contributed by atoms with Gasteiger partial charge in [0.15, 0.2) is 0 Å². The molecule has 2 unspecified atom stereocenters. The molecule has 1 aliphatic heterocycles. The summed E-state index contributed by atoms with van der Waals surface area (Å²) in [5, 5.41) is 0. The minimum atomic E-state index is 0.395. The number of benzene rings is 1. The van der Waals surface area contributed by atoms with Crippen molar-refractivity contribution in [1.29, 1.82) is 0 Å². The molecule has 1 saturated heterocycles. The molecule has 1 heterocycles. The Balaban J connectivity index is 2.28. The lowest BCUT2D eigenvalue weighted by atomic mass is 9.99. The zero-order valence-corrected chi connectivity index (χ0v) is 11.2. The number of aryl methyl sites for hydroxylation is 2. The van der Waals surface area contributed by atoms with Crippen molar-refractivity contribution in [2.45, 2.75) is 45.7 Å². The van der Waals surface area contributed by atoms with Gasteiger partial charge in [-0.2, -0.15) is 0 Å². The van der Waals surface area contributed by atoms with Crippen molar-refractivity contribution in [3.05, 3.63) is 34.9 Å². The largest absolute Gasteiger partial charge is 0.329 e. The van der Waals surface area contributed by atoms with Gasteiger partial charge < -0.3 is 5.73 Å². The van der Waals surface area contributed by atoms with Crippen LogP contribution in [0.15, 0.2) is 18.2 Å². The van der Waals surface area contributed by atoms with Crippen LogP contribution in [0.4, 0.5) is 0 Å². The van der Waals surface area contributed by atoms with Gasteiger partial charge in [-0.3, -0.25) is 4.90 Å². The molecule has 1 fully saturated rings. The van der Waals surface area contributed by atoms with Crippen molar-refractivity contribution in [2.24, 2.45) is 5.73 Å². The molecule has 17 heavy (non-hydrogen) atoms. The maximum atomic E-state index is 6.01. The number of hydrogen-bond acceptors (Lipinski definition) is 2. The summed E-state index contributed by atoms with van der Waals surface area (Å²) in [5.41, 5.74) is 10.1. The van der Waals surface area contributed by atoms with Crippen LogP contribution in [-0.2, 0) is 0 Å². The van der Waals surface area contributed by atoms with Crippen LogP contribution < -0.4 is 5.73 Å². The van der Waals surface area contributed by atoms with Crippen molar-refractivity contribution in [1.82, 2.24) is 4.90 Å². The molecule has 2 rings (SSSR count). The van der Waals surface area contributed by atoms with E-state index in [1.807, 2.05) is 0 Å². The van der Waals surface area contributed by atoms with E-state index < -0.39 is 0 Å². The van der Waals surface area contributed by atoms with Gasteiger partial charge in [0.1, 0.15) is 0 Å². The molecule has 2 N–H and O–H groups in total. The first-order chi connectivity index (χ1) is 8.11. The molecule has 1 aromatic rings. The average Bonchev–Trinajstić information content (AvgIpc) is 2.65. The van der Waals surface area contributed by atoms with Crippen LogP contribution in [-0.4, -0.2) is 24.0 Å². The van der Waals surface area contributed by atoms with E-state index in [-0.39, 0.29) is 0 Å². The second kappa shape index (κ2) is 5.19. The Labute approximate surface area is 105 Å². The monoisotopic (exact) mass is 232 g/mol. The lowest BCUT2D eigenvalue weighted by molar-refractivity contribution is 0.195. The Bertz CT molecular complexity index is 366. The first kappa shape index (κ1) is 12.6. The smallest absolute Gasteiger partial charge is 0.0473 e. The van der Waals surface area contributed by atoms with Gasteiger partial charge in [-0.05, 0) is 45.7 Å². The van der Waals surface area contributed by atoms with Crippen molar-refractivity contribution in [3.8, 4) is 0 Å². The molecule has 94 valence electrons. The molecule has 0 spiro atoms. The maximum absolute atomic E-state index is 6.01. The predicted octanol–water partition coefficient (Wildman–Crippen LogP) is 2.79. The van der Waals surface area contributed by atoms with E-state index in [1.165, 1.54) is 36.1 Å². The van der Waals surface area contributed by atoms with Crippen LogP contribution in [0.2, 0.25) is 0 Å². The summed E-state index contributed by atoms with van der Waals surface area (Å²) in [6.07, 6.45) is 2.61. The van der Waals surface area contributed by atoms with Gasteiger partial charge in [0.05, 0.1) is 0 Å². The van der Waals surface area contributed by atoms with E-state index in [4.69, 9.17) is 5.73 Å². The van der Waals surface area contributed by atoms with Crippen LogP contribution in [0.5, 0.6) is 0 Å². The third-order valence-corrected chi connectivity index (χ3v) is 3.86. The first-order valence-electron chi connectivity index (χ1n) is 6.66. The Morgan fingerprint density at radius 2 is 1.94 bits per heavy atom. The van der Waals surface area contributed by atoms with Crippen molar-refractivity contribution >= 4 is 0 Å². The van der Waals surface area contributed by atoms with Crippen LogP contribution in [0.3, 0.4) is 0 Å². The summed E-state index contributed by atoms with van der Waals surface area (Å²) in [4.78, 5) is 2.56. The third kappa shape index (κ3) is 2.70. The molecule has 0 saturated carbocycles. The Morgan fingerprint density at radius 3 is 2.41 bits per heavy atom. The Morgan fingerprint density at radius 1 is 1.29 bits per heavy atom. The summed E-state index contributed by atoms with van der Waals surface area (Å²) >= 11 is 0. The number of nitrogens with zero attached hydrogens (tertiary/aromatic N) is 1. The highest BCUT2D eigenvalue weighted by molar-refractivity contribution is 5.31. The van der Waals surface area contributed by atoms with Crippen LogP contribution in [0.1, 0.15) is 42.5 Å². The van der Waals surface area contributed by atoms with Crippen LogP contribution in [0, 0.1) is 13.8 Å². The van der Waals surface area contributed by atoms with E-state index in [0.29, 0.717) is 18.6 Å². The lowest BCUT2D eigenvalue weighted by Crippen LogP contribution is -2.36. The maximum Gasteiger partial charge on any atom is 0.0473 e. The fraction of sp³-hybridized carbons (Fsp3) is 0.600. The predicted molar refractivity (Wildman–Crippen MR) is 73.1 cm³/mol. The highest BCUT2D eigenvalue weighted by Gasteiger charge is 2.27. The van der Waals surface area contributed by atoms with E-state index in [1.54, 1.807) is 0 Å². The molecule has 2 heteroatoms.